The summed E-state index contributed by atoms with van der Waals surface area (Å²) in [6, 6.07) is 20.1. The van der Waals surface area contributed by atoms with Gasteiger partial charge in [0.1, 0.15) is 4.90 Å². The highest BCUT2D eigenvalue weighted by atomic mass is 35.5. The van der Waals surface area contributed by atoms with E-state index in [-0.39, 0.29) is 9.79 Å². The summed E-state index contributed by atoms with van der Waals surface area (Å²) in [5.74, 6) is 0. The summed E-state index contributed by atoms with van der Waals surface area (Å²) in [6.45, 7) is 0. The number of rotatable bonds is 4. The molecule has 4 nitrogen and oxygen atoms in total. The maximum atomic E-state index is 13.3. The Bertz CT molecular complexity index is 1290. The van der Waals surface area contributed by atoms with Gasteiger partial charge in [-0.05, 0) is 42.5 Å². The van der Waals surface area contributed by atoms with Gasteiger partial charge in [-0.2, -0.15) is 5.10 Å². The van der Waals surface area contributed by atoms with Crippen LogP contribution in [0.4, 0.5) is 0 Å². The second-order valence-electron chi connectivity index (χ2n) is 6.19. The van der Waals surface area contributed by atoms with Crippen molar-refractivity contribution in [1.29, 1.82) is 0 Å². The minimum Gasteiger partial charge on any atom is -0.232 e. The zero-order valence-electron chi connectivity index (χ0n) is 14.8. The molecule has 1 aromatic heterocycles. The van der Waals surface area contributed by atoms with Gasteiger partial charge in [0.2, 0.25) is 9.84 Å². The molecule has 0 saturated heterocycles. The van der Waals surface area contributed by atoms with E-state index >= 15 is 0 Å². The Kier molecular flexibility index (Phi) is 5.40. The lowest BCUT2D eigenvalue weighted by Gasteiger charge is -2.12. The van der Waals surface area contributed by atoms with Crippen LogP contribution in [0.2, 0.25) is 15.1 Å². The smallest absolute Gasteiger partial charge is 0.210 e. The fraction of sp³-hybridized carbons (Fsp3) is 0. The Hall–Kier alpha value is -2.31. The van der Waals surface area contributed by atoms with Crippen molar-refractivity contribution in [2.75, 3.05) is 0 Å². The molecular formula is C21H13Cl3N2O2S. The van der Waals surface area contributed by atoms with Crippen molar-refractivity contribution in [2.24, 2.45) is 0 Å². The van der Waals surface area contributed by atoms with E-state index < -0.39 is 9.84 Å². The lowest BCUT2D eigenvalue weighted by atomic mass is 10.1. The minimum absolute atomic E-state index is 0.0806. The first kappa shape index (κ1) is 20.0. The molecule has 4 rings (SSSR count). The van der Waals surface area contributed by atoms with Crippen molar-refractivity contribution in [3.05, 3.63) is 94.1 Å². The van der Waals surface area contributed by atoms with Crippen LogP contribution >= 0.6 is 34.8 Å². The fourth-order valence-corrected chi connectivity index (χ4v) is 4.77. The summed E-state index contributed by atoms with van der Waals surface area (Å²) in [6.07, 6.45) is 1.34. The molecule has 0 bridgehead atoms. The summed E-state index contributed by atoms with van der Waals surface area (Å²) >= 11 is 18.2. The van der Waals surface area contributed by atoms with Crippen LogP contribution in [0.25, 0.3) is 16.9 Å². The SMILES string of the molecule is O=S(=O)(c1ccccc1)c1cnn(-c2ccc(Cl)c(Cl)c2)c1-c1ccc(Cl)cc1. The van der Waals surface area contributed by atoms with E-state index in [2.05, 4.69) is 5.10 Å². The number of sulfone groups is 1. The number of hydrogen-bond donors (Lipinski definition) is 0. The Labute approximate surface area is 183 Å². The van der Waals surface area contributed by atoms with Gasteiger partial charge >= 0.3 is 0 Å². The average Bonchev–Trinajstić information content (AvgIpc) is 3.17. The standard InChI is InChI=1S/C21H13Cl3N2O2S/c22-15-8-6-14(7-9-15)21-20(29(27,28)17-4-2-1-3-5-17)13-25-26(21)16-10-11-18(23)19(24)12-16/h1-13H. The third kappa shape index (κ3) is 3.79. The van der Waals surface area contributed by atoms with Crippen LogP contribution in [0.5, 0.6) is 0 Å². The van der Waals surface area contributed by atoms with Gasteiger partial charge in [0, 0.05) is 10.6 Å². The van der Waals surface area contributed by atoms with Crippen LogP contribution < -0.4 is 0 Å². The normalized spacial score (nSPS) is 11.6. The molecule has 0 saturated carbocycles. The van der Waals surface area contributed by atoms with Crippen LogP contribution in [0.1, 0.15) is 0 Å². The molecule has 3 aromatic carbocycles. The van der Waals surface area contributed by atoms with Gasteiger partial charge in [-0.1, -0.05) is 65.1 Å². The largest absolute Gasteiger partial charge is 0.232 e. The van der Waals surface area contributed by atoms with E-state index in [0.29, 0.717) is 32.0 Å². The molecule has 8 heteroatoms. The van der Waals surface area contributed by atoms with E-state index in [1.54, 1.807) is 72.8 Å². The molecule has 0 fully saturated rings. The van der Waals surface area contributed by atoms with Crippen molar-refractivity contribution in [2.45, 2.75) is 9.79 Å². The molecule has 0 unspecified atom stereocenters. The fourth-order valence-electron chi connectivity index (χ4n) is 2.94. The lowest BCUT2D eigenvalue weighted by molar-refractivity contribution is 0.596. The second kappa shape index (κ2) is 7.84. The second-order valence-corrected chi connectivity index (χ2v) is 9.36. The van der Waals surface area contributed by atoms with E-state index in [1.807, 2.05) is 0 Å². The molecule has 0 aliphatic rings. The van der Waals surface area contributed by atoms with E-state index in [9.17, 15) is 8.42 Å². The van der Waals surface area contributed by atoms with Gasteiger partial charge in [-0.15, -0.1) is 0 Å². The molecule has 146 valence electrons. The molecule has 0 radical (unpaired) electrons. The molecule has 4 aromatic rings. The summed E-state index contributed by atoms with van der Waals surface area (Å²) < 4.78 is 28.2. The van der Waals surface area contributed by atoms with Crippen LogP contribution in [-0.2, 0) is 9.84 Å². The molecule has 1 heterocycles. The van der Waals surface area contributed by atoms with Crippen LogP contribution in [0, 0.1) is 0 Å². The molecule has 0 atom stereocenters. The van der Waals surface area contributed by atoms with Crippen molar-refractivity contribution < 1.29 is 8.42 Å². The van der Waals surface area contributed by atoms with Crippen molar-refractivity contribution >= 4 is 44.6 Å². The van der Waals surface area contributed by atoms with Gasteiger partial charge in [0.15, 0.2) is 0 Å². The van der Waals surface area contributed by atoms with E-state index in [0.717, 1.165) is 0 Å². The van der Waals surface area contributed by atoms with Crippen molar-refractivity contribution in [3.8, 4) is 16.9 Å². The highest BCUT2D eigenvalue weighted by Crippen LogP contribution is 2.35. The number of halogens is 3. The molecule has 0 amide bonds. The molecule has 0 aliphatic carbocycles. The molecular weight excluding hydrogens is 451 g/mol. The van der Waals surface area contributed by atoms with Crippen LogP contribution in [0.3, 0.4) is 0 Å². The first-order valence-electron chi connectivity index (χ1n) is 8.47. The summed E-state index contributed by atoms with van der Waals surface area (Å²) in [5.41, 5.74) is 1.63. The van der Waals surface area contributed by atoms with E-state index in [4.69, 9.17) is 34.8 Å². The monoisotopic (exact) mass is 462 g/mol. The number of nitrogens with zero attached hydrogens (tertiary/aromatic N) is 2. The highest BCUT2D eigenvalue weighted by Gasteiger charge is 2.27. The maximum absolute atomic E-state index is 13.3. The molecule has 29 heavy (non-hydrogen) atoms. The molecule has 0 aliphatic heterocycles. The maximum Gasteiger partial charge on any atom is 0.210 e. The summed E-state index contributed by atoms with van der Waals surface area (Å²) in [4.78, 5) is 0.265. The summed E-state index contributed by atoms with van der Waals surface area (Å²) in [5, 5.41) is 5.63. The zero-order valence-corrected chi connectivity index (χ0v) is 17.8. The Morgan fingerprint density at radius 1 is 0.793 bits per heavy atom. The van der Waals surface area contributed by atoms with Crippen molar-refractivity contribution in [1.82, 2.24) is 9.78 Å². The quantitative estimate of drug-likeness (QED) is 0.355. The molecule has 0 N–H and O–H groups in total. The average molecular weight is 464 g/mol. The number of aromatic nitrogens is 2. The predicted octanol–water partition coefficient (Wildman–Crippen LogP) is 6.33. The van der Waals surface area contributed by atoms with Gasteiger partial charge in [0.05, 0.1) is 32.5 Å². The summed E-state index contributed by atoms with van der Waals surface area (Å²) in [7, 11) is -3.81. The highest BCUT2D eigenvalue weighted by molar-refractivity contribution is 7.91. The first-order valence-corrected chi connectivity index (χ1v) is 11.1. The topological polar surface area (TPSA) is 52.0 Å². The van der Waals surface area contributed by atoms with Crippen LogP contribution in [-0.4, -0.2) is 18.2 Å². The first-order chi connectivity index (χ1) is 13.9. The number of benzene rings is 3. The van der Waals surface area contributed by atoms with Crippen molar-refractivity contribution in [3.63, 3.8) is 0 Å². The third-order valence-electron chi connectivity index (χ3n) is 4.34. The van der Waals surface area contributed by atoms with E-state index in [1.165, 1.54) is 10.9 Å². The number of hydrogen-bond acceptors (Lipinski definition) is 3. The lowest BCUT2D eigenvalue weighted by Crippen LogP contribution is -2.05. The Balaban J connectivity index is 1.99. The predicted molar refractivity (Wildman–Crippen MR) is 116 cm³/mol. The van der Waals surface area contributed by atoms with Gasteiger partial charge < -0.3 is 0 Å². The Morgan fingerprint density at radius 3 is 2.14 bits per heavy atom. The Morgan fingerprint density at radius 2 is 1.48 bits per heavy atom. The third-order valence-corrected chi connectivity index (χ3v) is 7.11. The zero-order chi connectivity index (χ0) is 20.6. The minimum atomic E-state index is -3.81. The van der Waals surface area contributed by atoms with Gasteiger partial charge in [0.25, 0.3) is 0 Å². The van der Waals surface area contributed by atoms with Crippen LogP contribution in [0.15, 0.2) is 88.8 Å². The van der Waals surface area contributed by atoms with Gasteiger partial charge in [-0.3, -0.25) is 0 Å². The van der Waals surface area contributed by atoms with Gasteiger partial charge in [-0.25, -0.2) is 13.1 Å². The molecule has 0 spiro atoms.